The van der Waals surface area contributed by atoms with E-state index in [-0.39, 0.29) is 31.1 Å². The highest BCUT2D eigenvalue weighted by Gasteiger charge is 2.19. The lowest BCUT2D eigenvalue weighted by molar-refractivity contribution is -0.167. The molecule has 386 valence electrons. The number of carbonyl (C=O) groups excluding carboxylic acids is 3. The van der Waals surface area contributed by atoms with E-state index >= 15 is 0 Å². The molecular weight excluding hydrogens is 841 g/mol. The zero-order valence-corrected chi connectivity index (χ0v) is 44.1. The van der Waals surface area contributed by atoms with Gasteiger partial charge in [0.05, 0.1) is 0 Å². The fourth-order valence-electron chi connectivity index (χ4n) is 7.37. The molecule has 0 aliphatic carbocycles. The molecule has 68 heavy (non-hydrogen) atoms. The predicted octanol–water partition coefficient (Wildman–Crippen LogP) is 18.7. The third kappa shape index (κ3) is 53.0. The summed E-state index contributed by atoms with van der Waals surface area (Å²) in [6, 6.07) is 0. The fraction of sp³-hybridized carbons (Fsp3) is 0.661. The third-order valence-corrected chi connectivity index (χ3v) is 11.5. The van der Waals surface area contributed by atoms with Crippen molar-refractivity contribution in [2.75, 3.05) is 13.2 Å². The summed E-state index contributed by atoms with van der Waals surface area (Å²) in [6.45, 7) is 6.32. The van der Waals surface area contributed by atoms with Crippen molar-refractivity contribution in [3.8, 4) is 0 Å². The van der Waals surface area contributed by atoms with Gasteiger partial charge in [-0.1, -0.05) is 220 Å². The first-order valence-corrected chi connectivity index (χ1v) is 27.9. The van der Waals surface area contributed by atoms with E-state index in [1.165, 1.54) is 57.8 Å². The van der Waals surface area contributed by atoms with Crippen molar-refractivity contribution in [1.29, 1.82) is 0 Å². The highest BCUT2D eigenvalue weighted by Crippen LogP contribution is 2.14. The Balaban J connectivity index is 4.37. The second kappa shape index (κ2) is 55.7. The van der Waals surface area contributed by atoms with Crippen LogP contribution in [0.2, 0.25) is 0 Å². The topological polar surface area (TPSA) is 78.9 Å². The second-order valence-corrected chi connectivity index (χ2v) is 18.1. The van der Waals surface area contributed by atoms with E-state index in [1.807, 2.05) is 0 Å². The molecule has 0 aromatic carbocycles. The van der Waals surface area contributed by atoms with Crippen LogP contribution in [0.15, 0.2) is 109 Å². The molecule has 0 aliphatic heterocycles. The van der Waals surface area contributed by atoms with Gasteiger partial charge in [0.25, 0.3) is 0 Å². The highest BCUT2D eigenvalue weighted by molar-refractivity contribution is 5.71. The first-order chi connectivity index (χ1) is 33.5. The van der Waals surface area contributed by atoms with Crippen molar-refractivity contribution in [3.05, 3.63) is 109 Å². The molecule has 0 rings (SSSR count). The minimum atomic E-state index is -0.794. The summed E-state index contributed by atoms with van der Waals surface area (Å²) in [7, 11) is 0. The fourth-order valence-corrected chi connectivity index (χ4v) is 7.37. The van der Waals surface area contributed by atoms with Crippen LogP contribution in [0.1, 0.15) is 245 Å². The normalized spacial score (nSPS) is 12.9. The summed E-state index contributed by atoms with van der Waals surface area (Å²) >= 11 is 0. The van der Waals surface area contributed by atoms with Crippen LogP contribution < -0.4 is 0 Å². The average Bonchev–Trinajstić information content (AvgIpc) is 3.34. The minimum Gasteiger partial charge on any atom is -0.462 e. The van der Waals surface area contributed by atoms with Crippen LogP contribution in [-0.2, 0) is 28.6 Å². The van der Waals surface area contributed by atoms with E-state index in [0.29, 0.717) is 19.3 Å². The number of esters is 3. The first kappa shape index (κ1) is 64.1. The molecular formula is C62H102O6. The van der Waals surface area contributed by atoms with E-state index < -0.39 is 6.10 Å². The Bertz CT molecular complexity index is 1410. The molecule has 6 heteroatoms. The van der Waals surface area contributed by atoms with Gasteiger partial charge in [0.2, 0.25) is 0 Å². The molecule has 0 heterocycles. The lowest BCUT2D eigenvalue weighted by Gasteiger charge is -2.18. The molecule has 0 aliphatic rings. The predicted molar refractivity (Wildman–Crippen MR) is 293 cm³/mol. The SMILES string of the molecule is CC/C=C\C/C=C\C/C=C\C/C=C\CCCCCCCCCCC(=O)OCC(COC(=O)CCCCCCC/C=C\CCC)OC(=O)CCCCCCCC/C=C\C/C=C\C/C=C\C/C=C\CC. The smallest absolute Gasteiger partial charge is 0.306 e. The van der Waals surface area contributed by atoms with Crippen LogP contribution in [0.3, 0.4) is 0 Å². The highest BCUT2D eigenvalue weighted by atomic mass is 16.6. The van der Waals surface area contributed by atoms with E-state index in [0.717, 1.165) is 148 Å². The van der Waals surface area contributed by atoms with Crippen molar-refractivity contribution >= 4 is 17.9 Å². The van der Waals surface area contributed by atoms with Crippen molar-refractivity contribution in [3.63, 3.8) is 0 Å². The molecule has 0 N–H and O–H groups in total. The summed E-state index contributed by atoms with van der Waals surface area (Å²) in [5.74, 6) is -0.926. The van der Waals surface area contributed by atoms with Gasteiger partial charge in [-0.2, -0.15) is 0 Å². The number of ether oxygens (including phenoxy) is 3. The van der Waals surface area contributed by atoms with Gasteiger partial charge >= 0.3 is 17.9 Å². The molecule has 1 atom stereocenters. The maximum atomic E-state index is 12.8. The van der Waals surface area contributed by atoms with Gasteiger partial charge in [0, 0.05) is 19.3 Å². The van der Waals surface area contributed by atoms with Crippen molar-refractivity contribution in [1.82, 2.24) is 0 Å². The lowest BCUT2D eigenvalue weighted by atomic mass is 10.1. The van der Waals surface area contributed by atoms with Gasteiger partial charge in [-0.05, 0) is 116 Å². The zero-order chi connectivity index (χ0) is 49.3. The molecule has 0 fully saturated rings. The average molecular weight is 943 g/mol. The summed E-state index contributed by atoms with van der Waals surface area (Å²) < 4.78 is 16.8. The van der Waals surface area contributed by atoms with Crippen molar-refractivity contribution in [2.24, 2.45) is 0 Å². The van der Waals surface area contributed by atoms with Crippen LogP contribution >= 0.6 is 0 Å². The van der Waals surface area contributed by atoms with Gasteiger partial charge in [-0.3, -0.25) is 14.4 Å². The third-order valence-electron chi connectivity index (χ3n) is 11.5. The van der Waals surface area contributed by atoms with Gasteiger partial charge in [-0.25, -0.2) is 0 Å². The standard InChI is InChI=1S/C62H102O6/c1-4-7-10-13-16-19-22-24-26-28-30-31-33-34-36-38-40-43-46-49-52-55-61(64)67-58-59(57-66-60(63)54-51-48-45-42-21-18-15-12-9-6-3)68-62(65)56-53-50-47-44-41-39-37-35-32-29-27-25-23-20-17-14-11-8-5-2/h7-8,10-12,15-17,19-20,24-27,30-32,35,59H,4-6,9,13-14,18,21-23,28-29,33-34,36-58H2,1-3H3/b10-7-,11-8-,15-12-,19-16-,20-17-,26-24-,27-25-,31-30-,35-32-. The van der Waals surface area contributed by atoms with E-state index in [1.54, 1.807) is 0 Å². The molecule has 0 radical (unpaired) electrons. The minimum absolute atomic E-state index is 0.0925. The first-order valence-electron chi connectivity index (χ1n) is 27.9. The maximum absolute atomic E-state index is 12.8. The van der Waals surface area contributed by atoms with Crippen LogP contribution in [0.4, 0.5) is 0 Å². The maximum Gasteiger partial charge on any atom is 0.306 e. The molecule has 0 amide bonds. The number of hydrogen-bond acceptors (Lipinski definition) is 6. The number of rotatable bonds is 49. The van der Waals surface area contributed by atoms with Crippen LogP contribution in [0, 0.1) is 0 Å². The summed E-state index contributed by atoms with van der Waals surface area (Å²) in [4.78, 5) is 38.1. The Morgan fingerprint density at radius 1 is 0.309 bits per heavy atom. The number of unbranched alkanes of at least 4 members (excludes halogenated alkanes) is 20. The summed E-state index contributed by atoms with van der Waals surface area (Å²) in [6.07, 6.45) is 75.1. The quantitative estimate of drug-likeness (QED) is 0.0262. The Kier molecular flexibility index (Phi) is 52.4. The molecule has 6 nitrogen and oxygen atoms in total. The lowest BCUT2D eigenvalue weighted by Crippen LogP contribution is -2.30. The number of hydrogen-bond donors (Lipinski definition) is 0. The number of carbonyl (C=O) groups is 3. The molecule has 0 saturated carbocycles. The Labute approximate surface area is 419 Å². The Morgan fingerprint density at radius 2 is 0.574 bits per heavy atom. The van der Waals surface area contributed by atoms with E-state index in [4.69, 9.17) is 14.2 Å². The summed E-state index contributed by atoms with van der Waals surface area (Å²) in [5, 5.41) is 0. The molecule has 0 saturated heterocycles. The van der Waals surface area contributed by atoms with Crippen molar-refractivity contribution < 1.29 is 28.6 Å². The van der Waals surface area contributed by atoms with Crippen LogP contribution in [-0.4, -0.2) is 37.2 Å². The molecule has 1 unspecified atom stereocenters. The molecule has 0 aromatic heterocycles. The van der Waals surface area contributed by atoms with Gasteiger partial charge < -0.3 is 14.2 Å². The largest absolute Gasteiger partial charge is 0.462 e. The van der Waals surface area contributed by atoms with Crippen molar-refractivity contribution in [2.45, 2.75) is 252 Å². The van der Waals surface area contributed by atoms with Gasteiger partial charge in [0.15, 0.2) is 6.10 Å². The molecule has 0 spiro atoms. The monoisotopic (exact) mass is 943 g/mol. The molecule has 0 bridgehead atoms. The zero-order valence-electron chi connectivity index (χ0n) is 44.1. The van der Waals surface area contributed by atoms with Crippen LogP contribution in [0.25, 0.3) is 0 Å². The summed E-state index contributed by atoms with van der Waals surface area (Å²) in [5.41, 5.74) is 0. The Hall–Kier alpha value is -3.93. The van der Waals surface area contributed by atoms with E-state index in [9.17, 15) is 14.4 Å². The molecule has 0 aromatic rings. The number of allylic oxidation sites excluding steroid dienone is 18. The van der Waals surface area contributed by atoms with Gasteiger partial charge in [-0.15, -0.1) is 0 Å². The Morgan fingerprint density at radius 3 is 0.912 bits per heavy atom. The van der Waals surface area contributed by atoms with E-state index in [2.05, 4.69) is 130 Å². The van der Waals surface area contributed by atoms with Crippen LogP contribution in [0.5, 0.6) is 0 Å². The van der Waals surface area contributed by atoms with Gasteiger partial charge in [0.1, 0.15) is 13.2 Å². The second-order valence-electron chi connectivity index (χ2n) is 18.1.